The van der Waals surface area contributed by atoms with E-state index in [9.17, 15) is 5.11 Å². The number of likely N-dealkylation sites (N-methyl/N-ethyl adjacent to an activating group) is 1. The second-order valence-electron chi connectivity index (χ2n) is 6.52. The van der Waals surface area contributed by atoms with Crippen LogP contribution in [-0.4, -0.2) is 62.2 Å². The minimum absolute atomic E-state index is 0.210. The van der Waals surface area contributed by atoms with E-state index in [-0.39, 0.29) is 6.61 Å². The predicted octanol–water partition coefficient (Wildman–Crippen LogP) is -0.631. The Balaban J connectivity index is 0.000000703. The zero-order chi connectivity index (χ0) is 23.2. The second kappa shape index (κ2) is 13.8. The Morgan fingerprint density at radius 2 is 1.65 bits per heavy atom. The van der Waals surface area contributed by atoms with Crippen LogP contribution in [0.5, 0.6) is 17.2 Å². The highest BCUT2D eigenvalue weighted by molar-refractivity contribution is 6.26. The lowest BCUT2D eigenvalue weighted by Crippen LogP contribution is -3.11. The molecule has 170 valence electrons. The fourth-order valence-electron chi connectivity index (χ4n) is 2.78. The lowest BCUT2D eigenvalue weighted by Gasteiger charge is -2.21. The minimum atomic E-state index is -2.07. The maximum absolute atomic E-state index is 10.4. The fraction of sp³-hybridized carbons (Fsp3) is 0.364. The number of hydrogen-bond acceptors (Lipinski definition) is 7. The van der Waals surface area contributed by atoms with Gasteiger partial charge in [0.05, 0.1) is 20.8 Å². The summed E-state index contributed by atoms with van der Waals surface area (Å²) in [6.45, 7) is 4.78. The molecule has 2 rings (SSSR count). The molecule has 0 saturated carbocycles. The Kier molecular flexibility index (Phi) is 11.5. The molecule has 31 heavy (non-hydrogen) atoms. The lowest BCUT2D eigenvalue weighted by atomic mass is 10.2. The van der Waals surface area contributed by atoms with Crippen LogP contribution in [0.3, 0.4) is 0 Å². The zero-order valence-electron chi connectivity index (χ0n) is 17.9. The van der Waals surface area contributed by atoms with E-state index < -0.39 is 18.0 Å². The average molecular weight is 435 g/mol. The SMILES string of the molecule is CC[NH+](Cc1ccccc1)CC(O)COc1cccc(OC)c1OC.O=C([O-])C(=O)O. The number of quaternary nitrogens is 1. The maximum atomic E-state index is 10.4. The molecule has 0 heterocycles. The van der Waals surface area contributed by atoms with Crippen LogP contribution in [0.25, 0.3) is 0 Å². The number of ether oxygens (including phenoxy) is 3. The third-order valence-corrected chi connectivity index (χ3v) is 4.29. The number of methoxy groups -OCH3 is 2. The Hall–Kier alpha value is -3.30. The lowest BCUT2D eigenvalue weighted by molar-refractivity contribution is -0.915. The number of carboxylic acid groups (broad SMARTS) is 2. The van der Waals surface area contributed by atoms with Crippen molar-refractivity contribution in [2.24, 2.45) is 0 Å². The molecule has 0 aliphatic carbocycles. The van der Waals surface area contributed by atoms with Crippen molar-refractivity contribution >= 4 is 11.9 Å². The third-order valence-electron chi connectivity index (χ3n) is 4.29. The molecule has 0 aromatic heterocycles. The van der Waals surface area contributed by atoms with E-state index in [1.54, 1.807) is 14.2 Å². The smallest absolute Gasteiger partial charge is 0.351 e. The van der Waals surface area contributed by atoms with Gasteiger partial charge in [-0.05, 0) is 19.1 Å². The Bertz CT molecular complexity index is 800. The normalized spacial score (nSPS) is 12.0. The topological polar surface area (TPSA) is 130 Å². The van der Waals surface area contributed by atoms with E-state index >= 15 is 0 Å². The first kappa shape index (κ1) is 25.7. The third kappa shape index (κ3) is 9.37. The van der Waals surface area contributed by atoms with Gasteiger partial charge < -0.3 is 39.2 Å². The first-order valence-corrected chi connectivity index (χ1v) is 9.65. The summed E-state index contributed by atoms with van der Waals surface area (Å²) >= 11 is 0. The van der Waals surface area contributed by atoms with Crippen molar-refractivity contribution in [3.8, 4) is 17.2 Å². The van der Waals surface area contributed by atoms with Gasteiger partial charge in [0, 0.05) is 5.56 Å². The molecule has 2 atom stereocenters. The number of carboxylic acids is 2. The van der Waals surface area contributed by atoms with E-state index in [0.717, 1.165) is 13.1 Å². The molecule has 2 aromatic carbocycles. The molecule has 9 heteroatoms. The van der Waals surface area contributed by atoms with Crippen molar-refractivity contribution in [1.29, 1.82) is 0 Å². The van der Waals surface area contributed by atoms with Crippen molar-refractivity contribution in [2.75, 3.05) is 33.9 Å². The molecule has 0 amide bonds. The van der Waals surface area contributed by atoms with E-state index in [1.807, 2.05) is 36.4 Å². The van der Waals surface area contributed by atoms with Crippen LogP contribution >= 0.6 is 0 Å². The monoisotopic (exact) mass is 435 g/mol. The molecular weight excluding hydrogens is 406 g/mol. The predicted molar refractivity (Wildman–Crippen MR) is 110 cm³/mol. The van der Waals surface area contributed by atoms with Crippen LogP contribution in [-0.2, 0) is 16.1 Å². The van der Waals surface area contributed by atoms with Crippen molar-refractivity contribution in [3.05, 3.63) is 54.1 Å². The van der Waals surface area contributed by atoms with Gasteiger partial charge in [-0.2, -0.15) is 0 Å². The summed E-state index contributed by atoms with van der Waals surface area (Å²) in [5, 5.41) is 26.7. The molecule has 0 radical (unpaired) electrons. The first-order chi connectivity index (χ1) is 14.8. The largest absolute Gasteiger partial charge is 0.539 e. The number of rotatable bonds is 10. The van der Waals surface area contributed by atoms with Crippen molar-refractivity contribution in [2.45, 2.75) is 19.6 Å². The summed E-state index contributed by atoms with van der Waals surface area (Å²) in [4.78, 5) is 19.3. The maximum Gasteiger partial charge on any atom is 0.351 e. The molecule has 3 N–H and O–H groups in total. The van der Waals surface area contributed by atoms with Gasteiger partial charge in [0.2, 0.25) is 5.75 Å². The summed E-state index contributed by atoms with van der Waals surface area (Å²) in [6.07, 6.45) is -0.561. The van der Waals surface area contributed by atoms with Gasteiger partial charge in [-0.1, -0.05) is 36.4 Å². The molecule has 0 aliphatic heterocycles. The highest BCUT2D eigenvalue weighted by Crippen LogP contribution is 2.36. The standard InChI is InChI=1S/C20H27NO4.C2H2O4/c1-4-21(13-16-9-6-5-7-10-16)14-17(22)15-25-19-12-8-11-18(23-2)20(19)24-3;3-1(4)2(5)6/h5-12,17,22H,4,13-15H2,1-3H3;(H,3,4)(H,5,6). The van der Waals surface area contributed by atoms with Crippen molar-refractivity contribution in [3.63, 3.8) is 0 Å². The summed E-state index contributed by atoms with van der Waals surface area (Å²) < 4.78 is 16.4. The number of hydrogen-bond donors (Lipinski definition) is 3. The molecule has 0 saturated heterocycles. The Morgan fingerprint density at radius 1 is 1.03 bits per heavy atom. The number of benzene rings is 2. The van der Waals surface area contributed by atoms with Gasteiger partial charge in [-0.25, -0.2) is 4.79 Å². The molecular formula is C22H29NO8. The molecule has 9 nitrogen and oxygen atoms in total. The quantitative estimate of drug-likeness (QED) is 0.421. The molecule has 2 aromatic rings. The van der Waals surface area contributed by atoms with Gasteiger partial charge in [0.15, 0.2) is 17.5 Å². The van der Waals surface area contributed by atoms with E-state index in [1.165, 1.54) is 10.5 Å². The van der Waals surface area contributed by atoms with Crippen LogP contribution in [0, 0.1) is 0 Å². The molecule has 0 spiro atoms. The van der Waals surface area contributed by atoms with E-state index in [2.05, 4.69) is 19.1 Å². The molecule has 0 bridgehead atoms. The number of aliphatic hydroxyl groups is 1. The van der Waals surface area contributed by atoms with Gasteiger partial charge in [0.25, 0.3) is 0 Å². The van der Waals surface area contributed by atoms with E-state index in [0.29, 0.717) is 23.8 Å². The number of para-hydroxylation sites is 1. The first-order valence-electron chi connectivity index (χ1n) is 9.65. The zero-order valence-corrected chi connectivity index (χ0v) is 17.9. The van der Waals surface area contributed by atoms with Gasteiger partial charge >= 0.3 is 5.97 Å². The van der Waals surface area contributed by atoms with Gasteiger partial charge in [-0.3, -0.25) is 0 Å². The van der Waals surface area contributed by atoms with E-state index in [4.69, 9.17) is 34.0 Å². The summed E-state index contributed by atoms with van der Waals surface area (Å²) in [7, 11) is 3.16. The summed E-state index contributed by atoms with van der Waals surface area (Å²) in [5.74, 6) is -2.28. The van der Waals surface area contributed by atoms with Crippen LogP contribution in [0.15, 0.2) is 48.5 Å². The summed E-state index contributed by atoms with van der Waals surface area (Å²) in [5.41, 5.74) is 1.27. The fourth-order valence-corrected chi connectivity index (χ4v) is 2.78. The molecule has 2 unspecified atom stereocenters. The van der Waals surface area contributed by atoms with Gasteiger partial charge in [0.1, 0.15) is 25.8 Å². The van der Waals surface area contributed by atoms with Gasteiger partial charge in [-0.15, -0.1) is 0 Å². The Labute approximate surface area is 181 Å². The highest BCUT2D eigenvalue weighted by Gasteiger charge is 2.17. The Morgan fingerprint density at radius 3 is 2.16 bits per heavy atom. The van der Waals surface area contributed by atoms with Crippen LogP contribution < -0.4 is 24.2 Å². The van der Waals surface area contributed by atoms with Crippen molar-refractivity contribution < 1.29 is 44.0 Å². The number of nitrogens with one attached hydrogen (secondary N) is 1. The highest BCUT2D eigenvalue weighted by atomic mass is 16.5. The number of aliphatic carboxylic acids is 2. The minimum Gasteiger partial charge on any atom is -0.539 e. The number of carbonyl (C=O) groups excluding carboxylic acids is 1. The van der Waals surface area contributed by atoms with Crippen LogP contribution in [0.2, 0.25) is 0 Å². The number of carbonyl (C=O) groups is 2. The molecule has 0 aliphatic rings. The summed E-state index contributed by atoms with van der Waals surface area (Å²) in [6, 6.07) is 15.8. The second-order valence-corrected chi connectivity index (χ2v) is 6.52. The average Bonchev–Trinajstić information content (AvgIpc) is 2.77. The van der Waals surface area contributed by atoms with Crippen molar-refractivity contribution in [1.82, 2.24) is 0 Å². The molecule has 0 fully saturated rings. The van der Waals surface area contributed by atoms with Crippen LogP contribution in [0.4, 0.5) is 0 Å². The van der Waals surface area contributed by atoms with Crippen LogP contribution in [0.1, 0.15) is 12.5 Å². The number of aliphatic hydroxyl groups excluding tert-OH is 1.